The predicted molar refractivity (Wildman–Crippen MR) is 182 cm³/mol. The van der Waals surface area contributed by atoms with Crippen LogP contribution in [0.4, 0.5) is 29.2 Å². The third-order valence-corrected chi connectivity index (χ3v) is 9.17. The fourth-order valence-electron chi connectivity index (χ4n) is 6.70. The number of halogens is 4. The molecule has 0 saturated carbocycles. The van der Waals surface area contributed by atoms with Crippen LogP contribution in [0.5, 0.6) is 17.6 Å². The third kappa shape index (κ3) is 6.25. The fraction of sp³-hybridized carbons (Fsp3) is 0.333. The summed E-state index contributed by atoms with van der Waals surface area (Å²) >= 11 is 0. The van der Waals surface area contributed by atoms with Gasteiger partial charge in [0.2, 0.25) is 5.88 Å². The Kier molecular flexibility index (Phi) is 8.90. The van der Waals surface area contributed by atoms with Crippen LogP contribution in [-0.4, -0.2) is 84.1 Å². The Morgan fingerprint density at radius 3 is 2.69 bits per heavy atom. The Morgan fingerprint density at radius 2 is 1.96 bits per heavy atom. The number of hydrogen-bond donors (Lipinski definition) is 1. The van der Waals surface area contributed by atoms with Gasteiger partial charge in [-0.05, 0) is 43.6 Å². The molecule has 0 amide bonds. The van der Waals surface area contributed by atoms with Crippen LogP contribution in [0, 0.1) is 24.0 Å². The first-order valence-corrected chi connectivity index (χ1v) is 16.1. The number of anilines is 2. The molecule has 0 aliphatic carbocycles. The van der Waals surface area contributed by atoms with Gasteiger partial charge in [-0.15, -0.1) is 6.42 Å². The fourth-order valence-corrected chi connectivity index (χ4v) is 6.70. The molecule has 264 valence electrons. The molecular formula is C36H33F4N7O4. The van der Waals surface area contributed by atoms with E-state index in [1.165, 1.54) is 30.2 Å². The lowest BCUT2D eigenvalue weighted by Gasteiger charge is -2.30. The third-order valence-electron chi connectivity index (χ3n) is 9.17. The van der Waals surface area contributed by atoms with Crippen molar-refractivity contribution in [2.45, 2.75) is 31.4 Å². The van der Waals surface area contributed by atoms with E-state index in [0.29, 0.717) is 16.8 Å². The summed E-state index contributed by atoms with van der Waals surface area (Å²) in [7, 11) is 3.03. The summed E-state index contributed by atoms with van der Waals surface area (Å²) < 4.78 is 83.6. The Morgan fingerprint density at radius 1 is 1.14 bits per heavy atom. The number of benzene rings is 2. The molecule has 1 unspecified atom stereocenters. The first-order valence-electron chi connectivity index (χ1n) is 16.1. The van der Waals surface area contributed by atoms with Crippen molar-refractivity contribution in [3.05, 3.63) is 65.4 Å². The predicted octanol–water partition coefficient (Wildman–Crippen LogP) is 5.74. The van der Waals surface area contributed by atoms with Gasteiger partial charge in [-0.2, -0.15) is 9.97 Å². The number of methoxy groups -OCH3 is 1. The van der Waals surface area contributed by atoms with E-state index < -0.39 is 42.6 Å². The van der Waals surface area contributed by atoms with Gasteiger partial charge in [0.05, 0.1) is 24.7 Å². The lowest BCUT2D eigenvalue weighted by Crippen LogP contribution is -2.32. The van der Waals surface area contributed by atoms with Crippen molar-refractivity contribution in [2.75, 3.05) is 57.9 Å². The zero-order valence-corrected chi connectivity index (χ0v) is 27.9. The van der Waals surface area contributed by atoms with E-state index in [1.54, 1.807) is 25.4 Å². The Hall–Kier alpha value is -5.46. The molecule has 0 radical (unpaired) electrons. The normalized spacial score (nSPS) is 17.6. The number of hydrogen-bond acceptors (Lipinski definition) is 11. The second kappa shape index (κ2) is 13.3. The van der Waals surface area contributed by atoms with Gasteiger partial charge in [0.25, 0.3) is 5.92 Å². The number of nitrogens with zero attached hydrogens (tertiary/aromatic N) is 6. The maximum atomic E-state index is 17.2. The molecule has 2 N–H and O–H groups in total. The van der Waals surface area contributed by atoms with Crippen LogP contribution in [0.15, 0.2) is 42.6 Å². The molecule has 2 atom stereocenters. The van der Waals surface area contributed by atoms with Gasteiger partial charge in [-0.1, -0.05) is 18.1 Å². The molecule has 51 heavy (non-hydrogen) atoms. The highest BCUT2D eigenvalue weighted by Crippen LogP contribution is 2.44. The number of aromatic nitrogens is 4. The van der Waals surface area contributed by atoms with Gasteiger partial charge >= 0.3 is 6.01 Å². The number of ether oxygens (including phenoxy) is 4. The monoisotopic (exact) mass is 703 g/mol. The molecule has 2 aromatic carbocycles. The topological polar surface area (TPSA) is 121 Å². The minimum atomic E-state index is -2.88. The minimum Gasteiger partial charge on any atom is -0.475 e. The van der Waals surface area contributed by atoms with Crippen molar-refractivity contribution < 1.29 is 36.5 Å². The van der Waals surface area contributed by atoms with Crippen molar-refractivity contribution in [3.8, 4) is 41.2 Å². The minimum absolute atomic E-state index is 0.00185. The summed E-state index contributed by atoms with van der Waals surface area (Å²) in [5.74, 6) is -1.31. The molecule has 3 aromatic heterocycles. The van der Waals surface area contributed by atoms with E-state index in [4.69, 9.17) is 31.1 Å². The smallest absolute Gasteiger partial charge is 0.319 e. The highest BCUT2D eigenvalue weighted by molar-refractivity contribution is 6.04. The molecule has 7 rings (SSSR count). The van der Waals surface area contributed by atoms with Crippen molar-refractivity contribution >= 4 is 33.3 Å². The summed E-state index contributed by atoms with van der Waals surface area (Å²) in [6.07, 6.45) is 6.91. The van der Waals surface area contributed by atoms with Crippen molar-refractivity contribution in [1.29, 1.82) is 0 Å². The highest BCUT2D eigenvalue weighted by atomic mass is 19.3. The van der Waals surface area contributed by atoms with Crippen molar-refractivity contribution in [1.82, 2.24) is 24.8 Å². The number of nitrogen functional groups attached to an aromatic ring is 1. The van der Waals surface area contributed by atoms with Crippen molar-refractivity contribution in [2.24, 2.45) is 0 Å². The average molecular weight is 704 g/mol. The zero-order chi connectivity index (χ0) is 36.0. The Balaban J connectivity index is 1.45. The largest absolute Gasteiger partial charge is 0.475 e. The number of terminal acetylenes is 1. The standard InChI is InChI=1S/C36H33F4N7O4/c1-5-23-26(37)9-8-20-13-22(51-18-48-4)14-25(27(20)23)30-29(38)31-28-33(45-35(44-31)50-16-21-15-36(39,40)17-46(21)3)47(11-12-49-34(28)43-30)19(2)24-7-6-10-42-32(24)41/h1,6-10,13-14,19,21H,11-12,15-18H2,2-4H3,(H2,41,42)/t19?,21-/m0/s1. The van der Waals surface area contributed by atoms with E-state index in [1.807, 2.05) is 17.9 Å². The van der Waals surface area contributed by atoms with Gasteiger partial charge in [0, 0.05) is 42.3 Å². The van der Waals surface area contributed by atoms with E-state index in [2.05, 4.69) is 25.9 Å². The number of fused-ring (bicyclic) bond motifs is 1. The number of alkyl halides is 2. The Bertz CT molecular complexity index is 2200. The van der Waals surface area contributed by atoms with Crippen LogP contribution in [-0.2, 0) is 4.74 Å². The van der Waals surface area contributed by atoms with Gasteiger partial charge in [-0.25, -0.2) is 27.5 Å². The number of pyridine rings is 2. The molecule has 5 heterocycles. The van der Waals surface area contributed by atoms with Crippen LogP contribution in [0.2, 0.25) is 0 Å². The molecule has 15 heteroatoms. The number of nitrogens with two attached hydrogens (primary N) is 1. The molecule has 5 aromatic rings. The van der Waals surface area contributed by atoms with Crippen molar-refractivity contribution in [3.63, 3.8) is 0 Å². The number of likely N-dealkylation sites (tertiary alicyclic amines) is 1. The summed E-state index contributed by atoms with van der Waals surface area (Å²) in [6, 6.07) is 8.06. The first kappa shape index (κ1) is 34.0. The molecule has 1 saturated heterocycles. The second-order valence-electron chi connectivity index (χ2n) is 12.5. The quantitative estimate of drug-likeness (QED) is 0.115. The first-order chi connectivity index (χ1) is 24.5. The van der Waals surface area contributed by atoms with Crippen LogP contribution >= 0.6 is 0 Å². The van der Waals surface area contributed by atoms with Gasteiger partial charge in [-0.3, -0.25) is 4.90 Å². The second-order valence-corrected chi connectivity index (χ2v) is 12.5. The van der Waals surface area contributed by atoms with E-state index in [0.717, 1.165) is 0 Å². The highest BCUT2D eigenvalue weighted by Gasteiger charge is 2.43. The molecule has 11 nitrogen and oxygen atoms in total. The van der Waals surface area contributed by atoms with Gasteiger partial charge in [0.1, 0.15) is 53.0 Å². The summed E-state index contributed by atoms with van der Waals surface area (Å²) in [5, 5.41) is 0.812. The van der Waals surface area contributed by atoms with Crippen LogP contribution in [0.25, 0.3) is 32.9 Å². The molecule has 2 aliphatic heterocycles. The van der Waals surface area contributed by atoms with Crippen LogP contribution < -0.4 is 24.8 Å². The Labute approximate surface area is 290 Å². The summed E-state index contributed by atoms with van der Waals surface area (Å²) in [4.78, 5) is 21.3. The molecule has 1 fully saturated rings. The van der Waals surface area contributed by atoms with E-state index >= 15 is 8.78 Å². The van der Waals surface area contributed by atoms with Gasteiger partial charge < -0.3 is 29.6 Å². The molecular weight excluding hydrogens is 670 g/mol. The lowest BCUT2D eigenvalue weighted by molar-refractivity contribution is 0.0136. The SMILES string of the molecule is C#Cc1c(F)ccc2cc(OCOC)cc(-c3nc4c5c(nc(OC[C@@H]6CC(F)(F)CN6C)nc5c3F)N(C(C)c3cccnc3N)CCO4)c12. The molecule has 0 spiro atoms. The number of rotatable bonds is 9. The van der Waals surface area contributed by atoms with E-state index in [-0.39, 0.29) is 83.1 Å². The van der Waals surface area contributed by atoms with Crippen LogP contribution in [0.3, 0.4) is 0 Å². The number of likely N-dealkylation sites (N-methyl/N-ethyl adjacent to an activating group) is 1. The molecule has 0 bridgehead atoms. The van der Waals surface area contributed by atoms with E-state index in [9.17, 15) is 8.78 Å². The zero-order valence-electron chi connectivity index (χ0n) is 27.9. The maximum Gasteiger partial charge on any atom is 0.319 e. The van der Waals surface area contributed by atoms with Gasteiger partial charge in [0.15, 0.2) is 12.6 Å². The summed E-state index contributed by atoms with van der Waals surface area (Å²) in [5.41, 5.74) is 6.45. The lowest BCUT2D eigenvalue weighted by atomic mass is 9.95. The molecule has 2 aliphatic rings. The average Bonchev–Trinajstić information content (AvgIpc) is 3.25. The maximum absolute atomic E-state index is 17.2. The summed E-state index contributed by atoms with van der Waals surface area (Å²) in [6.45, 7) is 1.50. The van der Waals surface area contributed by atoms with Crippen LogP contribution in [0.1, 0.15) is 30.5 Å².